The Hall–Kier alpha value is -0.820. The number of hydrogen-bond acceptors (Lipinski definition) is 1. The van der Waals surface area contributed by atoms with E-state index < -0.39 is 0 Å². The van der Waals surface area contributed by atoms with E-state index in [4.69, 9.17) is 0 Å². The topological polar surface area (TPSA) is 12.0 Å². The van der Waals surface area contributed by atoms with E-state index in [1.807, 2.05) is 0 Å². The van der Waals surface area contributed by atoms with Crippen molar-refractivity contribution in [3.8, 4) is 0 Å². The fourth-order valence-corrected chi connectivity index (χ4v) is 3.41. The van der Waals surface area contributed by atoms with Gasteiger partial charge in [-0.05, 0) is 55.7 Å². The summed E-state index contributed by atoms with van der Waals surface area (Å²) < 4.78 is 0. The maximum atomic E-state index is 3.47. The molecule has 0 spiro atoms. The number of benzene rings is 1. The zero-order valence-corrected chi connectivity index (χ0v) is 13.5. The maximum absolute atomic E-state index is 3.47. The standard InChI is InChI=1S/C19H31N/c1-15(2)9-14-19(20-3)18-12-10-17(11-13-18)16-7-5-4-6-8-16/h10-13,15-16,19-20H,4-9,14H2,1-3H3. The summed E-state index contributed by atoms with van der Waals surface area (Å²) in [5.41, 5.74) is 3.01. The van der Waals surface area contributed by atoms with Crippen molar-refractivity contribution in [1.29, 1.82) is 0 Å². The second kappa shape index (κ2) is 7.83. The average molecular weight is 273 g/mol. The molecule has 1 nitrogen and oxygen atoms in total. The third-order valence-corrected chi connectivity index (χ3v) is 4.80. The molecule has 0 aromatic heterocycles. The van der Waals surface area contributed by atoms with Crippen molar-refractivity contribution >= 4 is 0 Å². The zero-order valence-electron chi connectivity index (χ0n) is 13.5. The van der Waals surface area contributed by atoms with Crippen LogP contribution in [0.1, 0.15) is 81.9 Å². The minimum atomic E-state index is 0.512. The van der Waals surface area contributed by atoms with Crippen LogP contribution < -0.4 is 5.32 Å². The third-order valence-electron chi connectivity index (χ3n) is 4.80. The van der Waals surface area contributed by atoms with E-state index in [1.165, 1.54) is 50.5 Å². The Morgan fingerprint density at radius 2 is 1.65 bits per heavy atom. The SMILES string of the molecule is CNC(CCC(C)C)c1ccc(C2CCCCC2)cc1. The lowest BCUT2D eigenvalue weighted by Crippen LogP contribution is -2.17. The van der Waals surface area contributed by atoms with Crippen LogP contribution in [0.4, 0.5) is 0 Å². The van der Waals surface area contributed by atoms with Crippen LogP contribution in [0, 0.1) is 5.92 Å². The molecule has 1 aliphatic rings. The molecule has 0 amide bonds. The zero-order chi connectivity index (χ0) is 14.4. The van der Waals surface area contributed by atoms with Crippen LogP contribution in [0.25, 0.3) is 0 Å². The Kier molecular flexibility index (Phi) is 6.09. The predicted octanol–water partition coefficient (Wildman–Crippen LogP) is 5.43. The molecule has 1 aliphatic carbocycles. The van der Waals surface area contributed by atoms with Crippen LogP contribution in [-0.4, -0.2) is 7.05 Å². The van der Waals surface area contributed by atoms with Crippen LogP contribution in [0.5, 0.6) is 0 Å². The Morgan fingerprint density at radius 3 is 2.20 bits per heavy atom. The van der Waals surface area contributed by atoms with E-state index in [9.17, 15) is 0 Å². The third kappa shape index (κ3) is 4.34. The van der Waals surface area contributed by atoms with Crippen molar-refractivity contribution in [2.75, 3.05) is 7.05 Å². The quantitative estimate of drug-likeness (QED) is 0.728. The molecule has 0 bridgehead atoms. The molecule has 2 rings (SSSR count). The minimum Gasteiger partial charge on any atom is -0.313 e. The highest BCUT2D eigenvalue weighted by Crippen LogP contribution is 2.33. The van der Waals surface area contributed by atoms with Crippen LogP contribution in [0.3, 0.4) is 0 Å². The van der Waals surface area contributed by atoms with Gasteiger partial charge in [-0.2, -0.15) is 0 Å². The van der Waals surface area contributed by atoms with E-state index in [0.29, 0.717) is 6.04 Å². The molecule has 0 radical (unpaired) electrons. The smallest absolute Gasteiger partial charge is 0.0317 e. The summed E-state index contributed by atoms with van der Waals surface area (Å²) in [6.07, 6.45) is 9.57. The molecular weight excluding hydrogens is 242 g/mol. The average Bonchev–Trinajstić information content (AvgIpc) is 2.49. The molecule has 0 heterocycles. The van der Waals surface area contributed by atoms with Gasteiger partial charge in [0.2, 0.25) is 0 Å². The van der Waals surface area contributed by atoms with E-state index >= 15 is 0 Å². The van der Waals surface area contributed by atoms with Crippen LogP contribution >= 0.6 is 0 Å². The van der Waals surface area contributed by atoms with Crippen LogP contribution in [0.2, 0.25) is 0 Å². The van der Waals surface area contributed by atoms with Crippen molar-refractivity contribution in [3.63, 3.8) is 0 Å². The first-order chi connectivity index (χ1) is 9.70. The molecule has 1 fully saturated rings. The fourth-order valence-electron chi connectivity index (χ4n) is 3.41. The molecule has 1 saturated carbocycles. The van der Waals surface area contributed by atoms with Crippen LogP contribution in [-0.2, 0) is 0 Å². The van der Waals surface area contributed by atoms with E-state index in [2.05, 4.69) is 50.5 Å². The molecule has 112 valence electrons. The van der Waals surface area contributed by atoms with Gasteiger partial charge in [-0.15, -0.1) is 0 Å². The predicted molar refractivity (Wildman–Crippen MR) is 88.1 cm³/mol. The van der Waals surface area contributed by atoms with Crippen molar-refractivity contribution in [2.24, 2.45) is 5.92 Å². The second-order valence-electron chi connectivity index (χ2n) is 6.81. The minimum absolute atomic E-state index is 0.512. The van der Waals surface area contributed by atoms with E-state index in [0.717, 1.165) is 11.8 Å². The molecule has 1 aromatic rings. The molecule has 1 aromatic carbocycles. The Labute approximate surface area is 125 Å². The van der Waals surface area contributed by atoms with Gasteiger partial charge in [0.25, 0.3) is 0 Å². The lowest BCUT2D eigenvalue weighted by atomic mass is 9.83. The first-order valence-electron chi connectivity index (χ1n) is 8.48. The molecule has 1 heteroatoms. The number of rotatable bonds is 6. The Morgan fingerprint density at radius 1 is 1.00 bits per heavy atom. The molecule has 20 heavy (non-hydrogen) atoms. The number of nitrogens with one attached hydrogen (secondary N) is 1. The van der Waals surface area contributed by atoms with Gasteiger partial charge in [-0.1, -0.05) is 57.4 Å². The second-order valence-corrected chi connectivity index (χ2v) is 6.81. The highest BCUT2D eigenvalue weighted by Gasteiger charge is 2.16. The molecule has 0 aliphatic heterocycles. The van der Waals surface area contributed by atoms with Crippen molar-refractivity contribution < 1.29 is 0 Å². The highest BCUT2D eigenvalue weighted by molar-refractivity contribution is 5.27. The summed E-state index contributed by atoms with van der Waals surface area (Å²) in [6, 6.07) is 9.98. The lowest BCUT2D eigenvalue weighted by molar-refractivity contribution is 0.442. The van der Waals surface area contributed by atoms with Gasteiger partial charge in [-0.25, -0.2) is 0 Å². The summed E-state index contributed by atoms with van der Waals surface area (Å²) in [7, 11) is 2.08. The van der Waals surface area contributed by atoms with Gasteiger partial charge in [0.1, 0.15) is 0 Å². The van der Waals surface area contributed by atoms with Crippen molar-refractivity contribution in [1.82, 2.24) is 5.32 Å². The summed E-state index contributed by atoms with van der Waals surface area (Å²) >= 11 is 0. The Balaban J connectivity index is 1.98. The molecule has 1 unspecified atom stereocenters. The summed E-state index contributed by atoms with van der Waals surface area (Å²) in [5, 5.41) is 3.47. The summed E-state index contributed by atoms with van der Waals surface area (Å²) in [6.45, 7) is 4.61. The van der Waals surface area contributed by atoms with Gasteiger partial charge in [-0.3, -0.25) is 0 Å². The number of hydrogen-bond donors (Lipinski definition) is 1. The first-order valence-corrected chi connectivity index (χ1v) is 8.48. The monoisotopic (exact) mass is 273 g/mol. The lowest BCUT2D eigenvalue weighted by Gasteiger charge is -2.23. The highest BCUT2D eigenvalue weighted by atomic mass is 14.9. The summed E-state index contributed by atoms with van der Waals surface area (Å²) in [5.74, 6) is 1.61. The normalized spacial score (nSPS) is 18.4. The van der Waals surface area contributed by atoms with Gasteiger partial charge in [0, 0.05) is 6.04 Å². The van der Waals surface area contributed by atoms with Gasteiger partial charge >= 0.3 is 0 Å². The van der Waals surface area contributed by atoms with Gasteiger partial charge < -0.3 is 5.32 Å². The van der Waals surface area contributed by atoms with Crippen molar-refractivity contribution in [3.05, 3.63) is 35.4 Å². The molecule has 1 N–H and O–H groups in total. The van der Waals surface area contributed by atoms with E-state index in [-0.39, 0.29) is 0 Å². The maximum Gasteiger partial charge on any atom is 0.0317 e. The fraction of sp³-hybridized carbons (Fsp3) is 0.684. The van der Waals surface area contributed by atoms with E-state index in [1.54, 1.807) is 5.56 Å². The van der Waals surface area contributed by atoms with Crippen LogP contribution in [0.15, 0.2) is 24.3 Å². The van der Waals surface area contributed by atoms with Crippen molar-refractivity contribution in [2.45, 2.75) is 70.8 Å². The molecular formula is C19H31N. The largest absolute Gasteiger partial charge is 0.313 e. The molecule has 0 saturated heterocycles. The van der Waals surface area contributed by atoms with Gasteiger partial charge in [0.05, 0.1) is 0 Å². The van der Waals surface area contributed by atoms with Gasteiger partial charge in [0.15, 0.2) is 0 Å². The molecule has 1 atom stereocenters. The first kappa shape index (κ1) is 15.6. The summed E-state index contributed by atoms with van der Waals surface area (Å²) in [4.78, 5) is 0. The Bertz CT molecular complexity index is 373.